The monoisotopic (exact) mass is 316 g/mol. The fourth-order valence-electron chi connectivity index (χ4n) is 2.36. The second-order valence-corrected chi connectivity index (χ2v) is 5.95. The van der Waals surface area contributed by atoms with Gasteiger partial charge in [0.2, 0.25) is 5.91 Å². The fraction of sp³-hybridized carbons (Fsp3) is 0.278. The molecule has 0 aliphatic heterocycles. The molecule has 0 unspecified atom stereocenters. The molecule has 2 N–H and O–H groups in total. The smallest absolute Gasteiger partial charge is 0.238 e. The summed E-state index contributed by atoms with van der Waals surface area (Å²) in [4.78, 5) is 12.1. The van der Waals surface area contributed by atoms with Gasteiger partial charge in [0.05, 0.1) is 17.3 Å². The number of carbonyl (C=O) groups is 1. The molecule has 22 heavy (non-hydrogen) atoms. The molecule has 2 aromatic rings. The van der Waals surface area contributed by atoms with E-state index in [-0.39, 0.29) is 18.5 Å². The van der Waals surface area contributed by atoms with E-state index in [1.165, 1.54) is 5.56 Å². The van der Waals surface area contributed by atoms with Gasteiger partial charge in [-0.25, -0.2) is 0 Å². The second kappa shape index (κ2) is 7.97. The number of rotatable bonds is 6. The van der Waals surface area contributed by atoms with E-state index in [1.807, 2.05) is 30.3 Å². The molecule has 0 spiro atoms. The summed E-state index contributed by atoms with van der Waals surface area (Å²) in [6.07, 6.45) is 0. The van der Waals surface area contributed by atoms with Crippen molar-refractivity contribution in [3.63, 3.8) is 0 Å². The zero-order valence-electron chi connectivity index (χ0n) is 12.8. The predicted octanol–water partition coefficient (Wildman–Crippen LogP) is 4.27. The van der Waals surface area contributed by atoms with Gasteiger partial charge in [-0.1, -0.05) is 67.9 Å². The van der Waals surface area contributed by atoms with E-state index in [4.69, 9.17) is 11.6 Å². The van der Waals surface area contributed by atoms with Crippen molar-refractivity contribution >= 4 is 23.2 Å². The average molecular weight is 317 g/mol. The van der Waals surface area contributed by atoms with Crippen LogP contribution in [0.25, 0.3) is 0 Å². The Morgan fingerprint density at radius 3 is 2.32 bits per heavy atom. The molecule has 3 nitrogen and oxygen atoms in total. The van der Waals surface area contributed by atoms with E-state index < -0.39 is 0 Å². The van der Waals surface area contributed by atoms with E-state index in [0.717, 1.165) is 0 Å². The Balaban J connectivity index is 1.95. The van der Waals surface area contributed by atoms with Crippen molar-refractivity contribution in [3.8, 4) is 0 Å². The van der Waals surface area contributed by atoms with Gasteiger partial charge in [-0.3, -0.25) is 4.79 Å². The summed E-state index contributed by atoms with van der Waals surface area (Å²) in [7, 11) is 0. The number of para-hydroxylation sites is 1. The molecule has 0 saturated carbocycles. The first-order chi connectivity index (χ1) is 10.6. The Morgan fingerprint density at radius 1 is 1.05 bits per heavy atom. The minimum Gasteiger partial charge on any atom is -0.324 e. The van der Waals surface area contributed by atoms with E-state index in [2.05, 4.69) is 36.6 Å². The van der Waals surface area contributed by atoms with Crippen LogP contribution in [0.2, 0.25) is 5.02 Å². The highest BCUT2D eigenvalue weighted by molar-refractivity contribution is 6.33. The molecule has 0 aliphatic carbocycles. The predicted molar refractivity (Wildman–Crippen MR) is 92.1 cm³/mol. The number of nitrogens with one attached hydrogen (secondary N) is 2. The summed E-state index contributed by atoms with van der Waals surface area (Å²) in [6, 6.07) is 17.5. The maximum Gasteiger partial charge on any atom is 0.238 e. The van der Waals surface area contributed by atoms with Crippen LogP contribution in [-0.2, 0) is 4.79 Å². The minimum absolute atomic E-state index is 0.102. The van der Waals surface area contributed by atoms with Gasteiger partial charge in [0.25, 0.3) is 0 Å². The van der Waals surface area contributed by atoms with Crippen LogP contribution in [0.5, 0.6) is 0 Å². The van der Waals surface area contributed by atoms with Gasteiger partial charge in [-0.2, -0.15) is 0 Å². The standard InChI is InChI=1S/C18H21ClN2O/c1-13(2)18(14-8-4-3-5-9-14)20-12-17(22)21-16-11-7-6-10-15(16)19/h3-11,13,18,20H,12H2,1-2H3,(H,21,22)/t18-/m1/s1. The average Bonchev–Trinajstić information content (AvgIpc) is 2.50. The highest BCUT2D eigenvalue weighted by atomic mass is 35.5. The van der Waals surface area contributed by atoms with Crippen LogP contribution >= 0.6 is 11.6 Å². The third-order valence-electron chi connectivity index (χ3n) is 3.46. The largest absolute Gasteiger partial charge is 0.324 e. The Hall–Kier alpha value is -1.84. The molecule has 0 heterocycles. The molecule has 0 radical (unpaired) electrons. The summed E-state index contributed by atoms with van der Waals surface area (Å²) < 4.78 is 0. The van der Waals surface area contributed by atoms with Crippen molar-refractivity contribution in [1.29, 1.82) is 0 Å². The minimum atomic E-state index is -0.102. The van der Waals surface area contributed by atoms with Crippen molar-refractivity contribution in [2.75, 3.05) is 11.9 Å². The van der Waals surface area contributed by atoms with Crippen LogP contribution in [-0.4, -0.2) is 12.5 Å². The van der Waals surface area contributed by atoms with Gasteiger partial charge in [0.1, 0.15) is 0 Å². The van der Waals surface area contributed by atoms with Gasteiger partial charge in [0.15, 0.2) is 0 Å². The van der Waals surface area contributed by atoms with Crippen molar-refractivity contribution in [3.05, 3.63) is 65.2 Å². The van der Waals surface area contributed by atoms with Gasteiger partial charge < -0.3 is 10.6 Å². The summed E-state index contributed by atoms with van der Waals surface area (Å²) in [5, 5.41) is 6.68. The van der Waals surface area contributed by atoms with E-state index in [1.54, 1.807) is 12.1 Å². The quantitative estimate of drug-likeness (QED) is 0.835. The SMILES string of the molecule is CC(C)[C@@H](NCC(=O)Nc1ccccc1Cl)c1ccccc1. The van der Waals surface area contributed by atoms with Crippen molar-refractivity contribution < 1.29 is 4.79 Å². The number of hydrogen-bond donors (Lipinski definition) is 2. The van der Waals surface area contributed by atoms with E-state index in [0.29, 0.717) is 16.6 Å². The Bertz CT molecular complexity index is 613. The van der Waals surface area contributed by atoms with Crippen LogP contribution in [0, 0.1) is 5.92 Å². The summed E-state index contributed by atoms with van der Waals surface area (Å²) in [6.45, 7) is 4.51. The molecule has 0 fully saturated rings. The number of halogens is 1. The lowest BCUT2D eigenvalue weighted by Crippen LogP contribution is -2.33. The molecule has 0 aromatic heterocycles. The Labute approximate surface area is 136 Å². The molecule has 4 heteroatoms. The number of amides is 1. The van der Waals surface area contributed by atoms with Crippen LogP contribution in [0.15, 0.2) is 54.6 Å². The van der Waals surface area contributed by atoms with Crippen molar-refractivity contribution in [2.45, 2.75) is 19.9 Å². The Kier molecular flexibility index (Phi) is 5.99. The summed E-state index contributed by atoms with van der Waals surface area (Å²) in [5.41, 5.74) is 1.82. The van der Waals surface area contributed by atoms with Gasteiger partial charge in [-0.05, 0) is 23.6 Å². The first-order valence-corrected chi connectivity index (χ1v) is 7.78. The van der Waals surface area contributed by atoms with Crippen molar-refractivity contribution in [2.24, 2.45) is 5.92 Å². The van der Waals surface area contributed by atoms with E-state index in [9.17, 15) is 4.79 Å². The lowest BCUT2D eigenvalue weighted by atomic mass is 9.96. The molecular weight excluding hydrogens is 296 g/mol. The molecule has 2 rings (SSSR count). The Morgan fingerprint density at radius 2 is 1.68 bits per heavy atom. The lowest BCUT2D eigenvalue weighted by Gasteiger charge is -2.22. The third-order valence-corrected chi connectivity index (χ3v) is 3.79. The first-order valence-electron chi connectivity index (χ1n) is 7.40. The number of hydrogen-bond acceptors (Lipinski definition) is 2. The summed E-state index contributed by atoms with van der Waals surface area (Å²) >= 11 is 6.04. The van der Waals surface area contributed by atoms with Gasteiger partial charge in [-0.15, -0.1) is 0 Å². The number of anilines is 1. The van der Waals surface area contributed by atoms with E-state index >= 15 is 0 Å². The highest BCUT2D eigenvalue weighted by Crippen LogP contribution is 2.22. The number of carbonyl (C=O) groups excluding carboxylic acids is 1. The highest BCUT2D eigenvalue weighted by Gasteiger charge is 2.16. The van der Waals surface area contributed by atoms with Crippen LogP contribution in [0.1, 0.15) is 25.5 Å². The van der Waals surface area contributed by atoms with Gasteiger partial charge >= 0.3 is 0 Å². The van der Waals surface area contributed by atoms with Crippen LogP contribution in [0.3, 0.4) is 0 Å². The number of benzene rings is 2. The maximum atomic E-state index is 12.1. The normalized spacial score (nSPS) is 12.2. The molecule has 1 atom stereocenters. The maximum absolute atomic E-state index is 12.1. The zero-order chi connectivity index (χ0) is 15.9. The molecule has 116 valence electrons. The lowest BCUT2D eigenvalue weighted by molar-refractivity contribution is -0.115. The fourth-order valence-corrected chi connectivity index (χ4v) is 2.54. The molecular formula is C18H21ClN2O. The van der Waals surface area contributed by atoms with Crippen molar-refractivity contribution in [1.82, 2.24) is 5.32 Å². The zero-order valence-corrected chi connectivity index (χ0v) is 13.6. The molecule has 0 aliphatic rings. The molecule has 0 bridgehead atoms. The van der Waals surface area contributed by atoms with Crippen LogP contribution in [0.4, 0.5) is 5.69 Å². The van der Waals surface area contributed by atoms with Crippen LogP contribution < -0.4 is 10.6 Å². The second-order valence-electron chi connectivity index (χ2n) is 5.54. The topological polar surface area (TPSA) is 41.1 Å². The third kappa shape index (κ3) is 4.58. The summed E-state index contributed by atoms with van der Waals surface area (Å²) in [5.74, 6) is 0.283. The first kappa shape index (κ1) is 16.5. The molecule has 1 amide bonds. The molecule has 0 saturated heterocycles. The molecule has 2 aromatic carbocycles. The van der Waals surface area contributed by atoms with Gasteiger partial charge in [0, 0.05) is 6.04 Å².